The van der Waals surface area contributed by atoms with Crippen molar-refractivity contribution in [3.05, 3.63) is 65.1 Å². The van der Waals surface area contributed by atoms with E-state index in [1.165, 1.54) is 34.9 Å². The fourth-order valence-corrected chi connectivity index (χ4v) is 5.66. The third kappa shape index (κ3) is 4.01. The molecule has 1 fully saturated rings. The Balaban J connectivity index is 1.29. The second-order valence-electron chi connectivity index (χ2n) is 10.3. The molecule has 0 atom stereocenters. The van der Waals surface area contributed by atoms with E-state index in [1.807, 2.05) is 24.1 Å². The highest BCUT2D eigenvalue weighted by molar-refractivity contribution is 5.92. The van der Waals surface area contributed by atoms with Gasteiger partial charge in [-0.1, -0.05) is 19.9 Å². The molecule has 8 heteroatoms. The van der Waals surface area contributed by atoms with Crippen molar-refractivity contribution in [1.29, 1.82) is 0 Å². The molecule has 0 unspecified atom stereocenters. The van der Waals surface area contributed by atoms with Crippen LogP contribution >= 0.6 is 0 Å². The Labute approximate surface area is 204 Å². The number of aromatic nitrogens is 7. The molecule has 1 saturated heterocycles. The van der Waals surface area contributed by atoms with Gasteiger partial charge in [0.05, 0.1) is 11.4 Å². The zero-order valence-corrected chi connectivity index (χ0v) is 20.9. The van der Waals surface area contributed by atoms with Crippen LogP contribution in [0, 0.1) is 6.92 Å². The minimum Gasteiger partial charge on any atom is -0.354 e. The molecule has 4 aromatic heterocycles. The molecule has 180 valence electrons. The summed E-state index contributed by atoms with van der Waals surface area (Å²) in [5.74, 6) is 0.983. The molecule has 0 radical (unpaired) electrons. The molecular formula is C27H32N8. The molecule has 6 rings (SSSR count). The first kappa shape index (κ1) is 22.0. The van der Waals surface area contributed by atoms with Gasteiger partial charge in [-0.05, 0) is 96.1 Å². The third-order valence-electron chi connectivity index (χ3n) is 7.42. The van der Waals surface area contributed by atoms with Crippen molar-refractivity contribution in [2.45, 2.75) is 52.0 Å². The van der Waals surface area contributed by atoms with Gasteiger partial charge in [-0.2, -0.15) is 9.61 Å². The number of hydrogen-bond acceptors (Lipinski definition) is 5. The summed E-state index contributed by atoms with van der Waals surface area (Å²) in [6.45, 7) is 9.77. The molecule has 0 aliphatic carbocycles. The molecule has 0 amide bonds. The summed E-state index contributed by atoms with van der Waals surface area (Å²) in [7, 11) is 1.98. The van der Waals surface area contributed by atoms with Crippen LogP contribution in [0.1, 0.15) is 60.9 Å². The molecule has 0 spiro atoms. The van der Waals surface area contributed by atoms with E-state index in [1.54, 1.807) is 4.52 Å². The fraction of sp³-hybridized carbons (Fsp3) is 0.407. The maximum absolute atomic E-state index is 4.55. The lowest BCUT2D eigenvalue weighted by Gasteiger charge is -2.31. The number of fused-ring (bicyclic) bond motifs is 2. The summed E-state index contributed by atoms with van der Waals surface area (Å²) in [5, 5.41) is 18.0. The Morgan fingerprint density at radius 2 is 1.94 bits per heavy atom. The van der Waals surface area contributed by atoms with Crippen LogP contribution in [-0.4, -0.2) is 52.8 Å². The number of nitrogens with zero attached hydrogens (tertiary/aromatic N) is 7. The summed E-state index contributed by atoms with van der Waals surface area (Å²) in [4.78, 5) is 6.24. The van der Waals surface area contributed by atoms with E-state index in [0.29, 0.717) is 11.8 Å². The highest BCUT2D eigenvalue weighted by Crippen LogP contribution is 2.38. The Morgan fingerprint density at radius 1 is 1.11 bits per heavy atom. The smallest absolute Gasteiger partial charge is 0.182 e. The number of tetrazole rings is 1. The van der Waals surface area contributed by atoms with Crippen LogP contribution < -0.4 is 0 Å². The molecule has 8 nitrogen and oxygen atoms in total. The summed E-state index contributed by atoms with van der Waals surface area (Å²) in [6, 6.07) is 11.3. The lowest BCUT2D eigenvalue weighted by atomic mass is 9.87. The van der Waals surface area contributed by atoms with Gasteiger partial charge in [-0.15, -0.1) is 5.10 Å². The van der Waals surface area contributed by atoms with E-state index < -0.39 is 0 Å². The third-order valence-corrected chi connectivity index (χ3v) is 7.42. The Kier molecular flexibility index (Phi) is 5.40. The highest BCUT2D eigenvalue weighted by atomic mass is 15.5. The first-order valence-electron chi connectivity index (χ1n) is 12.5. The van der Waals surface area contributed by atoms with Crippen LogP contribution in [0.5, 0.6) is 0 Å². The second kappa shape index (κ2) is 8.61. The molecule has 5 heterocycles. The zero-order chi connectivity index (χ0) is 24.1. The number of nitrogens with one attached hydrogen (secondary N) is 1. The van der Waals surface area contributed by atoms with Crippen LogP contribution in [-0.2, 0) is 13.6 Å². The number of benzene rings is 1. The Hall–Kier alpha value is -3.52. The van der Waals surface area contributed by atoms with Crippen molar-refractivity contribution in [2.24, 2.45) is 7.05 Å². The van der Waals surface area contributed by atoms with Gasteiger partial charge in [-0.3, -0.25) is 9.58 Å². The maximum atomic E-state index is 4.55. The van der Waals surface area contributed by atoms with Gasteiger partial charge < -0.3 is 4.98 Å². The van der Waals surface area contributed by atoms with E-state index in [4.69, 9.17) is 0 Å². The fourth-order valence-electron chi connectivity index (χ4n) is 5.66. The first-order chi connectivity index (χ1) is 17.0. The van der Waals surface area contributed by atoms with Crippen molar-refractivity contribution >= 4 is 16.6 Å². The van der Waals surface area contributed by atoms with E-state index in [9.17, 15) is 0 Å². The van der Waals surface area contributed by atoms with Gasteiger partial charge >= 0.3 is 0 Å². The highest BCUT2D eigenvalue weighted by Gasteiger charge is 2.23. The summed E-state index contributed by atoms with van der Waals surface area (Å²) < 4.78 is 3.65. The average Bonchev–Trinajstić information content (AvgIpc) is 3.57. The minimum atomic E-state index is 0.388. The average molecular weight is 469 g/mol. The van der Waals surface area contributed by atoms with Crippen LogP contribution in [0.25, 0.3) is 27.8 Å². The van der Waals surface area contributed by atoms with Crippen molar-refractivity contribution < 1.29 is 0 Å². The second-order valence-corrected chi connectivity index (χ2v) is 10.3. The van der Waals surface area contributed by atoms with E-state index in [-0.39, 0.29) is 0 Å². The molecule has 1 aliphatic rings. The molecule has 35 heavy (non-hydrogen) atoms. The van der Waals surface area contributed by atoms with Gasteiger partial charge in [0.2, 0.25) is 0 Å². The van der Waals surface area contributed by atoms with Crippen LogP contribution in [0.2, 0.25) is 0 Å². The summed E-state index contributed by atoms with van der Waals surface area (Å²) in [6.07, 6.45) is 6.41. The van der Waals surface area contributed by atoms with Gasteiger partial charge in [0.1, 0.15) is 0 Å². The lowest BCUT2D eigenvalue weighted by Crippen LogP contribution is -2.32. The Morgan fingerprint density at radius 3 is 2.69 bits per heavy atom. The van der Waals surface area contributed by atoms with Gasteiger partial charge in [-0.25, -0.2) is 0 Å². The standard InChI is InChI=1S/C27H32N8/c1-17(2)25-23-14-20(19-7-11-34(12-8-19)16-22-9-10-33(4)30-22)5-6-24(23)28-26(25)21-13-18(3)27-29-31-32-35(27)15-21/h5-6,9-10,13-15,17,19,28H,7-8,11-12,16H2,1-4H3. The van der Waals surface area contributed by atoms with Gasteiger partial charge in [0.15, 0.2) is 5.65 Å². The predicted octanol–water partition coefficient (Wildman–Crippen LogP) is 4.82. The number of aromatic amines is 1. The number of piperidine rings is 1. The molecular weight excluding hydrogens is 436 g/mol. The monoisotopic (exact) mass is 468 g/mol. The quantitative estimate of drug-likeness (QED) is 0.400. The molecule has 1 N–H and O–H groups in total. The van der Waals surface area contributed by atoms with E-state index in [0.717, 1.165) is 47.8 Å². The predicted molar refractivity (Wildman–Crippen MR) is 137 cm³/mol. The number of pyridine rings is 1. The normalized spacial score (nSPS) is 15.7. The van der Waals surface area contributed by atoms with Crippen molar-refractivity contribution in [3.8, 4) is 11.3 Å². The van der Waals surface area contributed by atoms with Gasteiger partial charge in [0.25, 0.3) is 0 Å². The SMILES string of the molecule is Cc1cc(-c2[nH]c3ccc(C4CCN(Cc5ccn(C)n5)CC4)cc3c2C(C)C)cn2nnnc12. The van der Waals surface area contributed by atoms with E-state index in [2.05, 4.69) is 81.6 Å². The van der Waals surface area contributed by atoms with Crippen LogP contribution in [0.4, 0.5) is 0 Å². The number of aryl methyl sites for hydroxylation is 2. The lowest BCUT2D eigenvalue weighted by molar-refractivity contribution is 0.202. The van der Waals surface area contributed by atoms with Crippen molar-refractivity contribution in [1.82, 2.24) is 39.7 Å². The molecule has 0 saturated carbocycles. The topological polar surface area (TPSA) is 79.9 Å². The number of likely N-dealkylation sites (tertiary alicyclic amines) is 1. The molecule has 5 aromatic rings. The molecule has 0 bridgehead atoms. The summed E-state index contributed by atoms with van der Waals surface area (Å²) in [5.41, 5.74) is 9.31. The largest absolute Gasteiger partial charge is 0.354 e. The minimum absolute atomic E-state index is 0.388. The number of hydrogen-bond donors (Lipinski definition) is 1. The van der Waals surface area contributed by atoms with Crippen LogP contribution in [0.3, 0.4) is 0 Å². The number of H-pyrrole nitrogens is 1. The molecule has 1 aromatic carbocycles. The van der Waals surface area contributed by atoms with Crippen LogP contribution in [0.15, 0.2) is 42.7 Å². The zero-order valence-electron chi connectivity index (χ0n) is 20.9. The maximum Gasteiger partial charge on any atom is 0.182 e. The summed E-state index contributed by atoms with van der Waals surface area (Å²) >= 11 is 0. The van der Waals surface area contributed by atoms with Crippen molar-refractivity contribution in [2.75, 3.05) is 13.1 Å². The van der Waals surface area contributed by atoms with E-state index >= 15 is 0 Å². The van der Waals surface area contributed by atoms with Gasteiger partial charge in [0, 0.05) is 42.5 Å². The van der Waals surface area contributed by atoms with Crippen molar-refractivity contribution in [3.63, 3.8) is 0 Å². The number of rotatable bonds is 5. The first-order valence-corrected chi connectivity index (χ1v) is 12.5. The Bertz CT molecular complexity index is 1500. The molecule has 1 aliphatic heterocycles.